The van der Waals surface area contributed by atoms with Gasteiger partial charge in [0.1, 0.15) is 0 Å². The zero-order valence-corrected chi connectivity index (χ0v) is 13.5. The third-order valence-electron chi connectivity index (χ3n) is 4.00. The third kappa shape index (κ3) is 7.21. The van der Waals surface area contributed by atoms with Gasteiger partial charge in [-0.25, -0.2) is 0 Å². The number of nitrogens with one attached hydrogen (secondary N) is 2. The number of hydrogen-bond acceptors (Lipinski definition) is 3. The molecule has 0 spiro atoms. The van der Waals surface area contributed by atoms with Crippen LogP contribution in [0.2, 0.25) is 0 Å². The molecule has 2 atom stereocenters. The van der Waals surface area contributed by atoms with E-state index in [4.69, 9.17) is 0 Å². The molecule has 2 unspecified atom stereocenters. The van der Waals surface area contributed by atoms with E-state index >= 15 is 0 Å². The van der Waals surface area contributed by atoms with Crippen LogP contribution >= 0.6 is 11.8 Å². The molecular weight excluding hydrogens is 256 g/mol. The molecule has 2 N–H and O–H groups in total. The molecule has 3 nitrogen and oxygen atoms in total. The number of amides is 1. The Morgan fingerprint density at radius 2 is 2.05 bits per heavy atom. The smallest absolute Gasteiger partial charge is 0.220 e. The van der Waals surface area contributed by atoms with E-state index in [2.05, 4.69) is 31.4 Å². The van der Waals surface area contributed by atoms with Crippen LogP contribution in [-0.2, 0) is 4.79 Å². The van der Waals surface area contributed by atoms with Gasteiger partial charge >= 0.3 is 0 Å². The van der Waals surface area contributed by atoms with Crippen molar-refractivity contribution in [2.24, 2.45) is 11.8 Å². The molecule has 1 aliphatic rings. The summed E-state index contributed by atoms with van der Waals surface area (Å²) in [5.41, 5.74) is 0. The van der Waals surface area contributed by atoms with Gasteiger partial charge in [-0.05, 0) is 62.6 Å². The first kappa shape index (κ1) is 16.8. The van der Waals surface area contributed by atoms with Gasteiger partial charge in [-0.1, -0.05) is 13.8 Å². The number of piperidine rings is 1. The van der Waals surface area contributed by atoms with E-state index in [0.717, 1.165) is 36.9 Å². The molecule has 1 fully saturated rings. The molecule has 1 amide bonds. The Morgan fingerprint density at radius 3 is 2.68 bits per heavy atom. The molecule has 4 heteroatoms. The van der Waals surface area contributed by atoms with Gasteiger partial charge in [0.05, 0.1) is 0 Å². The van der Waals surface area contributed by atoms with Crippen molar-refractivity contribution in [3.05, 3.63) is 0 Å². The van der Waals surface area contributed by atoms with Crippen LogP contribution in [0.5, 0.6) is 0 Å². The fourth-order valence-corrected chi connectivity index (χ4v) is 3.49. The van der Waals surface area contributed by atoms with Gasteiger partial charge in [-0.3, -0.25) is 4.79 Å². The highest BCUT2D eigenvalue weighted by molar-refractivity contribution is 7.99. The van der Waals surface area contributed by atoms with Crippen molar-refractivity contribution in [1.29, 1.82) is 0 Å². The number of thioether (sulfide) groups is 1. The normalized spacial score (nSPS) is 19.9. The molecule has 1 saturated heterocycles. The lowest BCUT2D eigenvalue weighted by Gasteiger charge is -2.28. The van der Waals surface area contributed by atoms with Crippen molar-refractivity contribution in [3.8, 4) is 0 Å². The van der Waals surface area contributed by atoms with Crippen LogP contribution in [0.15, 0.2) is 0 Å². The van der Waals surface area contributed by atoms with Crippen molar-refractivity contribution in [3.63, 3.8) is 0 Å². The SMILES string of the molecule is CCSCCC(C)NC(=O)CC(C)C1CCNCC1. The summed E-state index contributed by atoms with van der Waals surface area (Å²) >= 11 is 1.94. The molecule has 0 aromatic rings. The topological polar surface area (TPSA) is 41.1 Å². The van der Waals surface area contributed by atoms with Crippen LogP contribution in [0.1, 0.15) is 46.5 Å². The monoisotopic (exact) mass is 286 g/mol. The van der Waals surface area contributed by atoms with Gasteiger partial charge < -0.3 is 10.6 Å². The first-order valence-electron chi connectivity index (χ1n) is 7.71. The Labute approximate surface area is 122 Å². The van der Waals surface area contributed by atoms with E-state index in [-0.39, 0.29) is 5.91 Å². The van der Waals surface area contributed by atoms with Crippen LogP contribution in [0.3, 0.4) is 0 Å². The lowest BCUT2D eigenvalue weighted by atomic mass is 9.84. The number of carbonyl (C=O) groups is 1. The molecule has 0 bridgehead atoms. The highest BCUT2D eigenvalue weighted by Crippen LogP contribution is 2.24. The van der Waals surface area contributed by atoms with Crippen molar-refractivity contribution in [1.82, 2.24) is 10.6 Å². The predicted octanol–water partition coefficient (Wildman–Crippen LogP) is 2.66. The van der Waals surface area contributed by atoms with Gasteiger partial charge in [0.25, 0.3) is 0 Å². The maximum Gasteiger partial charge on any atom is 0.220 e. The Morgan fingerprint density at radius 1 is 1.37 bits per heavy atom. The second kappa shape index (κ2) is 9.65. The quantitative estimate of drug-likeness (QED) is 0.674. The van der Waals surface area contributed by atoms with Gasteiger partial charge in [-0.15, -0.1) is 0 Å². The minimum Gasteiger partial charge on any atom is -0.354 e. The van der Waals surface area contributed by atoms with E-state index in [9.17, 15) is 4.79 Å². The Bertz CT molecular complexity index is 255. The second-order valence-corrected chi connectivity index (χ2v) is 7.12. The van der Waals surface area contributed by atoms with Gasteiger partial charge in [-0.2, -0.15) is 11.8 Å². The molecule has 112 valence electrons. The molecule has 0 aromatic carbocycles. The van der Waals surface area contributed by atoms with Crippen molar-refractivity contribution >= 4 is 17.7 Å². The minimum atomic E-state index is 0.236. The second-order valence-electron chi connectivity index (χ2n) is 5.72. The molecule has 0 aromatic heterocycles. The van der Waals surface area contributed by atoms with Gasteiger partial charge in [0.2, 0.25) is 5.91 Å². The lowest BCUT2D eigenvalue weighted by molar-refractivity contribution is -0.123. The highest BCUT2D eigenvalue weighted by Gasteiger charge is 2.22. The molecule has 19 heavy (non-hydrogen) atoms. The summed E-state index contributed by atoms with van der Waals surface area (Å²) in [7, 11) is 0. The van der Waals surface area contributed by atoms with Crippen molar-refractivity contribution in [2.75, 3.05) is 24.6 Å². The predicted molar refractivity (Wildman–Crippen MR) is 84.6 cm³/mol. The first-order chi connectivity index (χ1) is 9.13. The van der Waals surface area contributed by atoms with E-state index in [1.807, 2.05) is 11.8 Å². The summed E-state index contributed by atoms with van der Waals surface area (Å²) in [5.74, 6) is 3.77. The Hall–Kier alpha value is -0.220. The highest BCUT2D eigenvalue weighted by atomic mass is 32.2. The fourth-order valence-electron chi connectivity index (χ4n) is 2.68. The van der Waals surface area contributed by atoms with Gasteiger partial charge in [0.15, 0.2) is 0 Å². The third-order valence-corrected chi connectivity index (χ3v) is 4.94. The summed E-state index contributed by atoms with van der Waals surface area (Å²) in [6.07, 6.45) is 4.20. The standard InChI is InChI=1S/C15H30N2OS/c1-4-19-10-7-13(3)17-15(18)11-12(2)14-5-8-16-9-6-14/h12-14,16H,4-11H2,1-3H3,(H,17,18). The summed E-state index contributed by atoms with van der Waals surface area (Å²) in [5, 5.41) is 6.52. The Kier molecular flexibility index (Phi) is 8.55. The molecule has 0 radical (unpaired) electrons. The first-order valence-corrected chi connectivity index (χ1v) is 8.86. The van der Waals surface area contributed by atoms with Gasteiger partial charge in [0, 0.05) is 12.5 Å². The minimum absolute atomic E-state index is 0.236. The Balaban J connectivity index is 2.18. The van der Waals surface area contributed by atoms with Crippen LogP contribution in [0.4, 0.5) is 0 Å². The van der Waals surface area contributed by atoms with Crippen LogP contribution in [0, 0.1) is 11.8 Å². The summed E-state index contributed by atoms with van der Waals surface area (Å²) in [6, 6.07) is 0.312. The fraction of sp³-hybridized carbons (Fsp3) is 0.933. The average molecular weight is 286 g/mol. The maximum absolute atomic E-state index is 12.0. The van der Waals surface area contributed by atoms with Crippen LogP contribution in [-0.4, -0.2) is 36.5 Å². The zero-order valence-electron chi connectivity index (χ0n) is 12.7. The number of rotatable bonds is 8. The molecule has 0 aliphatic carbocycles. The van der Waals surface area contributed by atoms with Crippen LogP contribution < -0.4 is 10.6 Å². The van der Waals surface area contributed by atoms with E-state index < -0.39 is 0 Å². The number of hydrogen-bond donors (Lipinski definition) is 2. The van der Waals surface area contributed by atoms with E-state index in [1.165, 1.54) is 12.8 Å². The molecule has 1 rings (SSSR count). The summed E-state index contributed by atoms with van der Waals surface area (Å²) < 4.78 is 0. The summed E-state index contributed by atoms with van der Waals surface area (Å²) in [4.78, 5) is 12.0. The number of carbonyl (C=O) groups excluding carboxylic acids is 1. The van der Waals surface area contributed by atoms with Crippen molar-refractivity contribution in [2.45, 2.75) is 52.5 Å². The van der Waals surface area contributed by atoms with E-state index in [1.54, 1.807) is 0 Å². The summed E-state index contributed by atoms with van der Waals surface area (Å²) in [6.45, 7) is 8.74. The molecule has 1 heterocycles. The largest absolute Gasteiger partial charge is 0.354 e. The zero-order chi connectivity index (χ0) is 14.1. The molecule has 1 aliphatic heterocycles. The van der Waals surface area contributed by atoms with Crippen molar-refractivity contribution < 1.29 is 4.79 Å². The lowest BCUT2D eigenvalue weighted by Crippen LogP contribution is -2.36. The average Bonchev–Trinajstić information content (AvgIpc) is 2.39. The molecule has 0 saturated carbocycles. The molecular formula is C15H30N2OS. The van der Waals surface area contributed by atoms with E-state index in [0.29, 0.717) is 18.4 Å². The van der Waals surface area contributed by atoms with Crippen LogP contribution in [0.25, 0.3) is 0 Å². The maximum atomic E-state index is 12.0.